The summed E-state index contributed by atoms with van der Waals surface area (Å²) in [4.78, 5) is 15.5. The minimum absolute atomic E-state index is 0.409. The third kappa shape index (κ3) is 4.27. The predicted molar refractivity (Wildman–Crippen MR) is 112 cm³/mol. The molecular formula is C24H19F3N4O. The van der Waals surface area contributed by atoms with Gasteiger partial charge in [0.05, 0.1) is 17.8 Å². The molecule has 4 heterocycles. The van der Waals surface area contributed by atoms with Crippen molar-refractivity contribution in [2.24, 2.45) is 0 Å². The number of hydrogen-bond acceptors (Lipinski definition) is 5. The molecule has 1 aliphatic heterocycles. The minimum atomic E-state index is -4.38. The van der Waals surface area contributed by atoms with Gasteiger partial charge in [0, 0.05) is 54.8 Å². The van der Waals surface area contributed by atoms with Crippen molar-refractivity contribution in [3.05, 3.63) is 89.7 Å². The topological polar surface area (TPSA) is 55.1 Å². The van der Waals surface area contributed by atoms with Crippen molar-refractivity contribution < 1.29 is 17.6 Å². The summed E-state index contributed by atoms with van der Waals surface area (Å²) in [6.07, 6.45) is 1.72. The van der Waals surface area contributed by atoms with E-state index in [1.54, 1.807) is 24.5 Å². The number of alkyl halides is 3. The summed E-state index contributed by atoms with van der Waals surface area (Å²) in [6.45, 7) is 2.04. The summed E-state index contributed by atoms with van der Waals surface area (Å²) in [6, 6.07) is 12.5. The van der Waals surface area contributed by atoms with Gasteiger partial charge in [0.15, 0.2) is 5.82 Å². The summed E-state index contributed by atoms with van der Waals surface area (Å²) in [7, 11) is 0. The Kier molecular flexibility index (Phi) is 5.22. The average molecular weight is 436 g/mol. The number of hydrogen-bond donors (Lipinski definition) is 0. The first-order valence-corrected chi connectivity index (χ1v) is 10.2. The van der Waals surface area contributed by atoms with Crippen molar-refractivity contribution >= 4 is 0 Å². The molecule has 0 unspecified atom stereocenters. The van der Waals surface area contributed by atoms with E-state index < -0.39 is 11.7 Å². The van der Waals surface area contributed by atoms with Gasteiger partial charge in [-0.15, -0.1) is 0 Å². The molecule has 0 bridgehead atoms. The van der Waals surface area contributed by atoms with Crippen LogP contribution in [0.25, 0.3) is 22.7 Å². The second-order valence-corrected chi connectivity index (χ2v) is 7.71. The third-order valence-electron chi connectivity index (χ3n) is 5.45. The van der Waals surface area contributed by atoms with E-state index in [0.29, 0.717) is 36.0 Å². The monoisotopic (exact) mass is 436 g/mol. The van der Waals surface area contributed by atoms with Crippen LogP contribution in [0.3, 0.4) is 0 Å². The Balaban J connectivity index is 1.29. The van der Waals surface area contributed by atoms with Crippen LogP contribution in [0.15, 0.2) is 71.5 Å². The lowest BCUT2D eigenvalue weighted by Gasteiger charge is -2.27. The van der Waals surface area contributed by atoms with Crippen LogP contribution in [0.1, 0.15) is 22.6 Å². The minimum Gasteiger partial charge on any atom is -0.460 e. The first-order chi connectivity index (χ1) is 15.5. The van der Waals surface area contributed by atoms with Crippen molar-refractivity contribution in [2.75, 3.05) is 6.54 Å². The molecule has 0 radical (unpaired) electrons. The number of benzene rings is 1. The highest BCUT2D eigenvalue weighted by atomic mass is 19.4. The number of rotatable bonds is 4. The van der Waals surface area contributed by atoms with E-state index in [1.807, 2.05) is 24.4 Å². The fraction of sp³-hybridized carbons (Fsp3) is 0.208. The van der Waals surface area contributed by atoms with E-state index in [9.17, 15) is 13.2 Å². The highest BCUT2D eigenvalue weighted by Gasteiger charge is 2.30. The zero-order valence-electron chi connectivity index (χ0n) is 17.0. The molecular weight excluding hydrogens is 417 g/mol. The molecule has 8 heteroatoms. The molecule has 0 spiro atoms. The fourth-order valence-electron chi connectivity index (χ4n) is 3.83. The fourth-order valence-corrected chi connectivity index (χ4v) is 3.83. The summed E-state index contributed by atoms with van der Waals surface area (Å²) in [5.74, 6) is 1.80. The predicted octanol–water partition coefficient (Wildman–Crippen LogP) is 5.38. The van der Waals surface area contributed by atoms with E-state index >= 15 is 0 Å². The number of halogens is 3. The Morgan fingerprint density at radius 2 is 1.88 bits per heavy atom. The highest BCUT2D eigenvalue weighted by molar-refractivity contribution is 5.59. The number of pyridine rings is 1. The summed E-state index contributed by atoms with van der Waals surface area (Å²) < 4.78 is 44.8. The van der Waals surface area contributed by atoms with Crippen LogP contribution >= 0.6 is 0 Å². The molecule has 0 fully saturated rings. The normalized spacial score (nSPS) is 14.3. The quantitative estimate of drug-likeness (QED) is 0.430. The Labute approximate surface area is 182 Å². The van der Waals surface area contributed by atoms with E-state index in [-0.39, 0.29) is 0 Å². The van der Waals surface area contributed by atoms with E-state index in [4.69, 9.17) is 9.40 Å². The van der Waals surface area contributed by atoms with E-state index in [0.717, 1.165) is 41.9 Å². The SMILES string of the molecule is FC(F)(F)c1cccc(-c2ccc(CN3CCc4nc(-c5cccnc5)ncc4C3)o2)c1. The molecule has 0 saturated heterocycles. The maximum absolute atomic E-state index is 13.0. The van der Waals surface area contributed by atoms with Crippen LogP contribution in [0.4, 0.5) is 13.2 Å². The molecule has 32 heavy (non-hydrogen) atoms. The largest absolute Gasteiger partial charge is 0.460 e. The molecule has 3 aromatic heterocycles. The number of nitrogens with zero attached hydrogens (tertiary/aromatic N) is 4. The Morgan fingerprint density at radius 3 is 2.69 bits per heavy atom. The summed E-state index contributed by atoms with van der Waals surface area (Å²) in [5, 5.41) is 0. The smallest absolute Gasteiger partial charge is 0.416 e. The first-order valence-electron chi connectivity index (χ1n) is 10.2. The van der Waals surface area contributed by atoms with Crippen LogP contribution < -0.4 is 0 Å². The maximum atomic E-state index is 13.0. The lowest BCUT2D eigenvalue weighted by Crippen LogP contribution is -2.30. The van der Waals surface area contributed by atoms with Crippen molar-refractivity contribution in [2.45, 2.75) is 25.7 Å². The van der Waals surface area contributed by atoms with Gasteiger partial charge in [0.25, 0.3) is 0 Å². The van der Waals surface area contributed by atoms with Gasteiger partial charge < -0.3 is 4.42 Å². The van der Waals surface area contributed by atoms with Crippen molar-refractivity contribution in [1.82, 2.24) is 19.9 Å². The Bertz CT molecular complexity index is 1240. The molecule has 4 aromatic rings. The number of furan rings is 1. The Morgan fingerprint density at radius 1 is 1.00 bits per heavy atom. The van der Waals surface area contributed by atoms with Crippen LogP contribution in [-0.2, 0) is 25.7 Å². The standard InChI is InChI=1S/C24H19F3N4O/c25-24(26,27)19-5-1-3-16(11-19)22-7-6-20(32-22)15-31-10-8-21-18(14-31)13-29-23(30-21)17-4-2-9-28-12-17/h1-7,9,11-13H,8,10,14-15H2. The molecule has 0 amide bonds. The van der Waals surface area contributed by atoms with E-state index in [2.05, 4.69) is 14.9 Å². The summed E-state index contributed by atoms with van der Waals surface area (Å²) in [5.41, 5.74) is 2.70. The van der Waals surface area contributed by atoms with Gasteiger partial charge in [-0.3, -0.25) is 9.88 Å². The first kappa shape index (κ1) is 20.4. The number of aromatic nitrogens is 3. The zero-order valence-corrected chi connectivity index (χ0v) is 17.0. The van der Waals surface area contributed by atoms with Crippen molar-refractivity contribution in [3.63, 3.8) is 0 Å². The second kappa shape index (κ2) is 8.20. The lowest BCUT2D eigenvalue weighted by molar-refractivity contribution is -0.137. The van der Waals surface area contributed by atoms with Gasteiger partial charge in [0.1, 0.15) is 11.5 Å². The van der Waals surface area contributed by atoms with Crippen molar-refractivity contribution in [3.8, 4) is 22.7 Å². The molecule has 0 saturated carbocycles. The Hall–Kier alpha value is -3.52. The maximum Gasteiger partial charge on any atom is 0.416 e. The second-order valence-electron chi connectivity index (χ2n) is 7.71. The van der Waals surface area contributed by atoms with Gasteiger partial charge in [-0.2, -0.15) is 13.2 Å². The van der Waals surface area contributed by atoms with Crippen LogP contribution in [0, 0.1) is 0 Å². The van der Waals surface area contributed by atoms with Crippen molar-refractivity contribution in [1.29, 1.82) is 0 Å². The van der Waals surface area contributed by atoms with Gasteiger partial charge in [-0.25, -0.2) is 9.97 Å². The zero-order chi connectivity index (χ0) is 22.1. The molecule has 1 aromatic carbocycles. The molecule has 1 aliphatic rings. The average Bonchev–Trinajstić information content (AvgIpc) is 3.27. The number of fused-ring (bicyclic) bond motifs is 1. The highest BCUT2D eigenvalue weighted by Crippen LogP contribution is 2.33. The lowest BCUT2D eigenvalue weighted by atomic mass is 10.1. The molecule has 0 atom stereocenters. The van der Waals surface area contributed by atoms with Gasteiger partial charge in [0.2, 0.25) is 0 Å². The molecule has 5 rings (SSSR count). The van der Waals surface area contributed by atoms with Crippen LogP contribution in [0.5, 0.6) is 0 Å². The van der Waals surface area contributed by atoms with Gasteiger partial charge in [-0.1, -0.05) is 12.1 Å². The van der Waals surface area contributed by atoms with E-state index in [1.165, 1.54) is 6.07 Å². The van der Waals surface area contributed by atoms with Crippen LogP contribution in [0.2, 0.25) is 0 Å². The molecule has 0 N–H and O–H groups in total. The van der Waals surface area contributed by atoms with Crippen LogP contribution in [-0.4, -0.2) is 26.4 Å². The van der Waals surface area contributed by atoms with Gasteiger partial charge >= 0.3 is 6.18 Å². The molecule has 162 valence electrons. The summed E-state index contributed by atoms with van der Waals surface area (Å²) >= 11 is 0. The third-order valence-corrected chi connectivity index (χ3v) is 5.45. The molecule has 0 aliphatic carbocycles. The molecule has 5 nitrogen and oxygen atoms in total. The van der Waals surface area contributed by atoms with Gasteiger partial charge in [-0.05, 0) is 36.4 Å².